The first-order chi connectivity index (χ1) is 8.75. The number of carbonyl (C=O) groups is 2. The molecule has 0 unspecified atom stereocenters. The molecule has 2 saturated heterocycles. The molecule has 2 N–H and O–H groups in total. The van der Waals surface area contributed by atoms with E-state index in [1.807, 2.05) is 0 Å². The molecular weight excluding hydrogens is 274 g/mol. The molecule has 8 nitrogen and oxygen atoms in total. The Balaban J connectivity index is 2.22. The van der Waals surface area contributed by atoms with Gasteiger partial charge in [0.1, 0.15) is 6.54 Å². The van der Waals surface area contributed by atoms with Crippen molar-refractivity contribution in [2.45, 2.75) is 25.4 Å². The predicted molar refractivity (Wildman–Crippen MR) is 65.4 cm³/mol. The summed E-state index contributed by atoms with van der Waals surface area (Å²) in [6, 6.07) is -0.593. The Labute approximate surface area is 111 Å². The quantitative estimate of drug-likeness (QED) is 0.652. The van der Waals surface area contributed by atoms with Crippen LogP contribution >= 0.6 is 0 Å². The molecule has 0 aliphatic carbocycles. The molecule has 2 aliphatic rings. The standard InChI is InChI=1S/C10H17N3O5S/c1-6-9-7(11-10(6)16)3-4-13(9)19(17,18)12(2)5-8(14)15/h6-7,9H,3-5H2,1-2H3,(H,11,16)(H,14,15)/t6-,7-,9+/m0/s1. The van der Waals surface area contributed by atoms with Gasteiger partial charge < -0.3 is 10.4 Å². The second-order valence-corrected chi connectivity index (χ2v) is 6.94. The maximum Gasteiger partial charge on any atom is 0.318 e. The number of rotatable bonds is 4. The van der Waals surface area contributed by atoms with Gasteiger partial charge >= 0.3 is 5.97 Å². The molecule has 0 aromatic heterocycles. The van der Waals surface area contributed by atoms with Gasteiger partial charge in [-0.25, -0.2) is 0 Å². The van der Waals surface area contributed by atoms with Crippen molar-refractivity contribution in [3.8, 4) is 0 Å². The fraction of sp³-hybridized carbons (Fsp3) is 0.800. The summed E-state index contributed by atoms with van der Waals surface area (Å²) in [5.74, 6) is -1.79. The van der Waals surface area contributed by atoms with Crippen LogP contribution in [0.1, 0.15) is 13.3 Å². The zero-order valence-corrected chi connectivity index (χ0v) is 11.6. The number of hydrogen-bond donors (Lipinski definition) is 2. The molecule has 9 heteroatoms. The Morgan fingerprint density at radius 1 is 1.58 bits per heavy atom. The zero-order valence-electron chi connectivity index (χ0n) is 10.7. The molecule has 0 spiro atoms. The Kier molecular flexibility index (Phi) is 3.54. The summed E-state index contributed by atoms with van der Waals surface area (Å²) < 4.78 is 26.7. The van der Waals surface area contributed by atoms with Crippen LogP contribution in [0, 0.1) is 5.92 Å². The number of carbonyl (C=O) groups excluding carboxylic acids is 1. The Hall–Kier alpha value is -1.19. The van der Waals surface area contributed by atoms with E-state index < -0.39 is 34.7 Å². The van der Waals surface area contributed by atoms with Crippen molar-refractivity contribution in [1.29, 1.82) is 0 Å². The molecule has 3 atom stereocenters. The summed E-state index contributed by atoms with van der Waals surface area (Å²) in [7, 11) is -2.62. The van der Waals surface area contributed by atoms with E-state index in [0.717, 1.165) is 4.31 Å². The molecular formula is C10H17N3O5S. The Bertz CT molecular complexity index is 505. The van der Waals surface area contributed by atoms with E-state index in [2.05, 4.69) is 5.32 Å². The van der Waals surface area contributed by atoms with Gasteiger partial charge in [-0.05, 0) is 6.42 Å². The summed E-state index contributed by atoms with van der Waals surface area (Å²) in [6.45, 7) is 1.39. The number of fused-ring (bicyclic) bond motifs is 1. The van der Waals surface area contributed by atoms with Gasteiger partial charge in [-0.15, -0.1) is 0 Å². The number of nitrogens with one attached hydrogen (secondary N) is 1. The highest BCUT2D eigenvalue weighted by Gasteiger charge is 2.51. The number of hydrogen-bond acceptors (Lipinski definition) is 4. The topological polar surface area (TPSA) is 107 Å². The van der Waals surface area contributed by atoms with Crippen LogP contribution in [0.2, 0.25) is 0 Å². The van der Waals surface area contributed by atoms with Gasteiger partial charge in [0.25, 0.3) is 10.2 Å². The lowest BCUT2D eigenvalue weighted by molar-refractivity contribution is -0.137. The lowest BCUT2D eigenvalue weighted by atomic mass is 10.0. The minimum absolute atomic E-state index is 0.157. The van der Waals surface area contributed by atoms with Gasteiger partial charge in [-0.2, -0.15) is 17.0 Å². The average Bonchev–Trinajstić information content (AvgIpc) is 2.80. The summed E-state index contributed by atoms with van der Waals surface area (Å²) in [4.78, 5) is 22.2. The maximum atomic E-state index is 12.3. The highest BCUT2D eigenvalue weighted by atomic mass is 32.2. The third kappa shape index (κ3) is 2.33. The average molecular weight is 291 g/mol. The molecule has 0 aromatic carbocycles. The van der Waals surface area contributed by atoms with E-state index in [4.69, 9.17) is 5.11 Å². The van der Waals surface area contributed by atoms with Gasteiger partial charge in [0, 0.05) is 19.6 Å². The highest BCUT2D eigenvalue weighted by Crippen LogP contribution is 2.32. The normalized spacial score (nSPS) is 31.5. The summed E-state index contributed by atoms with van der Waals surface area (Å²) in [5.41, 5.74) is 0. The Morgan fingerprint density at radius 3 is 2.79 bits per heavy atom. The van der Waals surface area contributed by atoms with Crippen molar-refractivity contribution in [2.75, 3.05) is 20.1 Å². The zero-order chi connectivity index (χ0) is 14.4. The smallest absolute Gasteiger partial charge is 0.318 e. The van der Waals surface area contributed by atoms with Gasteiger partial charge in [0.05, 0.1) is 12.0 Å². The molecule has 0 aromatic rings. The van der Waals surface area contributed by atoms with Gasteiger partial charge in [-0.1, -0.05) is 6.92 Å². The van der Waals surface area contributed by atoms with Crippen LogP contribution in [0.3, 0.4) is 0 Å². The first-order valence-electron chi connectivity index (χ1n) is 6.00. The van der Waals surface area contributed by atoms with Crippen LogP contribution in [0.25, 0.3) is 0 Å². The van der Waals surface area contributed by atoms with Crippen molar-refractivity contribution >= 4 is 22.1 Å². The minimum Gasteiger partial charge on any atom is -0.480 e. The molecule has 2 heterocycles. The van der Waals surface area contributed by atoms with Crippen molar-refractivity contribution in [3.05, 3.63) is 0 Å². The first kappa shape index (κ1) is 14.2. The van der Waals surface area contributed by atoms with E-state index in [9.17, 15) is 18.0 Å². The van der Waals surface area contributed by atoms with Crippen LogP contribution in [-0.2, 0) is 19.8 Å². The van der Waals surface area contributed by atoms with E-state index in [-0.39, 0.29) is 11.9 Å². The molecule has 1 amide bonds. The van der Waals surface area contributed by atoms with Gasteiger partial charge in [-0.3, -0.25) is 9.59 Å². The fourth-order valence-electron chi connectivity index (χ4n) is 2.73. The monoisotopic (exact) mass is 291 g/mol. The maximum absolute atomic E-state index is 12.3. The minimum atomic E-state index is -3.85. The lowest BCUT2D eigenvalue weighted by Crippen LogP contribution is -2.48. The fourth-order valence-corrected chi connectivity index (χ4v) is 4.34. The molecule has 2 fully saturated rings. The summed E-state index contributed by atoms with van der Waals surface area (Å²) >= 11 is 0. The molecule has 2 rings (SSSR count). The summed E-state index contributed by atoms with van der Waals surface area (Å²) in [6.07, 6.45) is 0.556. The van der Waals surface area contributed by atoms with Gasteiger partial charge in [0.2, 0.25) is 5.91 Å². The first-order valence-corrected chi connectivity index (χ1v) is 7.40. The number of amides is 1. The number of likely N-dealkylation sites (N-methyl/N-ethyl adjacent to an activating group) is 1. The van der Waals surface area contributed by atoms with Crippen LogP contribution in [-0.4, -0.2) is 66.2 Å². The second kappa shape index (κ2) is 4.73. The third-order valence-corrected chi connectivity index (χ3v) is 5.64. The predicted octanol–water partition coefficient (Wildman–Crippen LogP) is -1.54. The van der Waals surface area contributed by atoms with Gasteiger partial charge in [0.15, 0.2) is 0 Å². The lowest BCUT2D eigenvalue weighted by Gasteiger charge is -2.28. The highest BCUT2D eigenvalue weighted by molar-refractivity contribution is 7.86. The third-order valence-electron chi connectivity index (χ3n) is 3.71. The number of carboxylic acid groups (broad SMARTS) is 1. The Morgan fingerprint density at radius 2 is 2.21 bits per heavy atom. The molecule has 0 saturated carbocycles. The molecule has 0 bridgehead atoms. The van der Waals surface area contributed by atoms with E-state index in [1.165, 1.54) is 11.4 Å². The molecule has 2 aliphatic heterocycles. The van der Waals surface area contributed by atoms with Crippen molar-refractivity contribution in [2.24, 2.45) is 5.92 Å². The van der Waals surface area contributed by atoms with Crippen LogP contribution in [0.5, 0.6) is 0 Å². The molecule has 19 heavy (non-hydrogen) atoms. The largest absolute Gasteiger partial charge is 0.480 e. The van der Waals surface area contributed by atoms with Crippen LogP contribution in [0.4, 0.5) is 0 Å². The number of aliphatic carboxylic acids is 1. The van der Waals surface area contributed by atoms with Crippen molar-refractivity contribution in [1.82, 2.24) is 13.9 Å². The molecule has 108 valence electrons. The van der Waals surface area contributed by atoms with E-state index >= 15 is 0 Å². The second-order valence-electron chi connectivity index (χ2n) is 4.95. The van der Waals surface area contributed by atoms with Crippen molar-refractivity contribution in [3.63, 3.8) is 0 Å². The molecule has 0 radical (unpaired) electrons. The number of nitrogens with zero attached hydrogens (tertiary/aromatic N) is 2. The number of carboxylic acids is 1. The van der Waals surface area contributed by atoms with Crippen LogP contribution in [0.15, 0.2) is 0 Å². The summed E-state index contributed by atoms with van der Waals surface area (Å²) in [5, 5.41) is 11.4. The van der Waals surface area contributed by atoms with Crippen LogP contribution < -0.4 is 5.32 Å². The SMILES string of the molecule is C[C@@H]1C(=O)N[C@H]2CCN(S(=O)(=O)N(C)CC(=O)O)[C@@H]21. The van der Waals surface area contributed by atoms with Crippen molar-refractivity contribution < 1.29 is 23.1 Å². The van der Waals surface area contributed by atoms with E-state index in [0.29, 0.717) is 13.0 Å². The van der Waals surface area contributed by atoms with E-state index in [1.54, 1.807) is 6.92 Å².